The minimum absolute atomic E-state index is 0.485. The van der Waals surface area contributed by atoms with Crippen LogP contribution in [0.1, 0.15) is 19.6 Å². The maximum atomic E-state index is 5.39. The van der Waals surface area contributed by atoms with E-state index in [9.17, 15) is 0 Å². The smallest absolute Gasteiger partial charge is 0.160 e. The molecule has 0 aliphatic heterocycles. The van der Waals surface area contributed by atoms with E-state index in [0.29, 0.717) is 11.8 Å². The number of hydrogen-bond acceptors (Lipinski definition) is 3. The number of nitrogens with two attached hydrogens (primary N) is 1. The van der Waals surface area contributed by atoms with E-state index >= 15 is 0 Å². The highest BCUT2D eigenvalue weighted by atomic mass is 32.2. The van der Waals surface area contributed by atoms with Gasteiger partial charge in [0, 0.05) is 5.25 Å². The Morgan fingerprint density at radius 3 is 2.73 bits per heavy atom. The van der Waals surface area contributed by atoms with Gasteiger partial charge in [-0.25, -0.2) is 0 Å². The Labute approximate surface area is 71.1 Å². The number of furan rings is 1. The molecule has 0 fully saturated rings. The molecule has 3 heteroatoms. The van der Waals surface area contributed by atoms with Crippen LogP contribution in [0.3, 0.4) is 0 Å². The summed E-state index contributed by atoms with van der Waals surface area (Å²) in [5.74, 6) is 0.855. The minimum Gasteiger partial charge on any atom is -0.454 e. The Bertz CT molecular complexity index is 220. The van der Waals surface area contributed by atoms with Crippen molar-refractivity contribution >= 4 is 11.8 Å². The second kappa shape index (κ2) is 3.83. The van der Waals surface area contributed by atoms with Crippen LogP contribution in [0.4, 0.5) is 0 Å². The van der Waals surface area contributed by atoms with Gasteiger partial charge in [0.15, 0.2) is 5.09 Å². The molecule has 0 aromatic carbocycles. The van der Waals surface area contributed by atoms with E-state index in [0.717, 1.165) is 10.9 Å². The maximum Gasteiger partial charge on any atom is 0.160 e. The van der Waals surface area contributed by atoms with Gasteiger partial charge < -0.3 is 10.2 Å². The summed E-state index contributed by atoms with van der Waals surface area (Å²) < 4.78 is 5.38. The fourth-order valence-corrected chi connectivity index (χ4v) is 1.53. The van der Waals surface area contributed by atoms with Crippen LogP contribution in [0.25, 0.3) is 0 Å². The van der Waals surface area contributed by atoms with Crippen molar-refractivity contribution in [3.8, 4) is 0 Å². The van der Waals surface area contributed by atoms with Gasteiger partial charge in [0.05, 0.1) is 6.54 Å². The Kier molecular flexibility index (Phi) is 3.02. The van der Waals surface area contributed by atoms with Crippen LogP contribution in [0.15, 0.2) is 21.6 Å². The highest BCUT2D eigenvalue weighted by Crippen LogP contribution is 2.24. The summed E-state index contributed by atoms with van der Waals surface area (Å²) in [6, 6.07) is 3.89. The van der Waals surface area contributed by atoms with E-state index in [4.69, 9.17) is 10.2 Å². The molecule has 0 spiro atoms. The van der Waals surface area contributed by atoms with Crippen LogP contribution in [0, 0.1) is 0 Å². The molecule has 2 nitrogen and oxygen atoms in total. The summed E-state index contributed by atoms with van der Waals surface area (Å²) in [6.45, 7) is 4.75. The first-order chi connectivity index (χ1) is 5.22. The van der Waals surface area contributed by atoms with Crippen LogP contribution in [0.5, 0.6) is 0 Å². The monoisotopic (exact) mass is 171 g/mol. The SMILES string of the molecule is CC(C)Sc1ccc(CN)o1. The minimum atomic E-state index is 0.485. The molecule has 0 saturated carbocycles. The molecule has 2 N–H and O–H groups in total. The highest BCUT2D eigenvalue weighted by molar-refractivity contribution is 7.99. The Balaban J connectivity index is 2.58. The molecule has 62 valence electrons. The summed E-state index contributed by atoms with van der Waals surface area (Å²) in [5, 5.41) is 1.52. The predicted octanol–water partition coefficient (Wildman–Crippen LogP) is 2.24. The topological polar surface area (TPSA) is 39.2 Å². The lowest BCUT2D eigenvalue weighted by molar-refractivity contribution is 0.433. The molecular formula is C8H13NOS. The Morgan fingerprint density at radius 2 is 2.27 bits per heavy atom. The number of thioether (sulfide) groups is 1. The second-order valence-electron chi connectivity index (χ2n) is 2.59. The molecule has 0 radical (unpaired) electrons. The first kappa shape index (κ1) is 8.68. The average molecular weight is 171 g/mol. The van der Waals surface area contributed by atoms with Crippen molar-refractivity contribution in [2.45, 2.75) is 30.7 Å². The summed E-state index contributed by atoms with van der Waals surface area (Å²) in [6.07, 6.45) is 0. The molecule has 0 atom stereocenters. The van der Waals surface area contributed by atoms with Crippen LogP contribution in [-0.4, -0.2) is 5.25 Å². The molecule has 0 amide bonds. The van der Waals surface area contributed by atoms with Gasteiger partial charge in [-0.2, -0.15) is 0 Å². The van der Waals surface area contributed by atoms with Crippen molar-refractivity contribution in [1.29, 1.82) is 0 Å². The van der Waals surface area contributed by atoms with E-state index in [1.165, 1.54) is 0 Å². The lowest BCUT2D eigenvalue weighted by Crippen LogP contribution is -1.92. The van der Waals surface area contributed by atoms with Crippen LogP contribution < -0.4 is 5.73 Å². The molecular weight excluding hydrogens is 158 g/mol. The van der Waals surface area contributed by atoms with Gasteiger partial charge >= 0.3 is 0 Å². The van der Waals surface area contributed by atoms with Gasteiger partial charge in [0.25, 0.3) is 0 Å². The van der Waals surface area contributed by atoms with E-state index in [1.54, 1.807) is 11.8 Å². The van der Waals surface area contributed by atoms with E-state index in [1.807, 2.05) is 12.1 Å². The summed E-state index contributed by atoms with van der Waals surface area (Å²) in [4.78, 5) is 0. The lowest BCUT2D eigenvalue weighted by atomic mass is 10.5. The van der Waals surface area contributed by atoms with Crippen LogP contribution >= 0.6 is 11.8 Å². The highest BCUT2D eigenvalue weighted by Gasteiger charge is 2.02. The summed E-state index contributed by atoms with van der Waals surface area (Å²) >= 11 is 1.71. The van der Waals surface area contributed by atoms with Gasteiger partial charge in [-0.3, -0.25) is 0 Å². The van der Waals surface area contributed by atoms with Crippen LogP contribution in [-0.2, 0) is 6.54 Å². The van der Waals surface area contributed by atoms with E-state index < -0.39 is 0 Å². The third kappa shape index (κ3) is 2.60. The first-order valence-corrected chi connectivity index (χ1v) is 4.55. The number of hydrogen-bond donors (Lipinski definition) is 1. The summed E-state index contributed by atoms with van der Waals surface area (Å²) in [7, 11) is 0. The molecule has 0 aliphatic carbocycles. The Morgan fingerprint density at radius 1 is 1.55 bits per heavy atom. The van der Waals surface area contributed by atoms with E-state index in [-0.39, 0.29) is 0 Å². The normalized spacial score (nSPS) is 10.9. The van der Waals surface area contributed by atoms with Crippen molar-refractivity contribution in [3.63, 3.8) is 0 Å². The predicted molar refractivity (Wildman–Crippen MR) is 47.6 cm³/mol. The first-order valence-electron chi connectivity index (χ1n) is 3.68. The Hall–Kier alpha value is -0.410. The zero-order chi connectivity index (χ0) is 8.27. The molecule has 0 aliphatic rings. The molecule has 1 aromatic heterocycles. The molecule has 0 unspecified atom stereocenters. The number of rotatable bonds is 3. The zero-order valence-electron chi connectivity index (χ0n) is 6.83. The van der Waals surface area contributed by atoms with Gasteiger partial charge in [-0.1, -0.05) is 25.6 Å². The van der Waals surface area contributed by atoms with Gasteiger partial charge in [-0.05, 0) is 12.1 Å². The van der Waals surface area contributed by atoms with Crippen molar-refractivity contribution in [2.75, 3.05) is 0 Å². The second-order valence-corrected chi connectivity index (χ2v) is 4.17. The van der Waals surface area contributed by atoms with Gasteiger partial charge in [0.2, 0.25) is 0 Å². The standard InChI is InChI=1S/C8H13NOS/c1-6(2)11-8-4-3-7(5-9)10-8/h3-4,6H,5,9H2,1-2H3. The quantitative estimate of drug-likeness (QED) is 0.709. The third-order valence-corrected chi connectivity index (χ3v) is 2.11. The largest absolute Gasteiger partial charge is 0.454 e. The zero-order valence-corrected chi connectivity index (χ0v) is 7.65. The molecule has 1 aromatic rings. The fourth-order valence-electron chi connectivity index (χ4n) is 0.764. The van der Waals surface area contributed by atoms with Crippen molar-refractivity contribution < 1.29 is 4.42 Å². The summed E-state index contributed by atoms with van der Waals surface area (Å²) in [5.41, 5.74) is 5.39. The molecule has 1 rings (SSSR count). The van der Waals surface area contributed by atoms with Crippen LogP contribution in [0.2, 0.25) is 0 Å². The lowest BCUT2D eigenvalue weighted by Gasteiger charge is -1.98. The third-order valence-electron chi connectivity index (χ3n) is 1.19. The van der Waals surface area contributed by atoms with Crippen molar-refractivity contribution in [1.82, 2.24) is 0 Å². The molecule has 0 saturated heterocycles. The molecule has 1 heterocycles. The van der Waals surface area contributed by atoms with Gasteiger partial charge in [0.1, 0.15) is 5.76 Å². The average Bonchev–Trinajstić information content (AvgIpc) is 2.34. The fraction of sp³-hybridized carbons (Fsp3) is 0.500. The maximum absolute atomic E-state index is 5.39. The van der Waals surface area contributed by atoms with E-state index in [2.05, 4.69) is 13.8 Å². The van der Waals surface area contributed by atoms with Crippen molar-refractivity contribution in [3.05, 3.63) is 17.9 Å². The molecule has 11 heavy (non-hydrogen) atoms. The van der Waals surface area contributed by atoms with Gasteiger partial charge in [-0.15, -0.1) is 0 Å². The molecule has 0 bridgehead atoms. The van der Waals surface area contributed by atoms with Crippen molar-refractivity contribution in [2.24, 2.45) is 5.73 Å².